The van der Waals surface area contributed by atoms with E-state index in [1.54, 1.807) is 32.9 Å². The van der Waals surface area contributed by atoms with Gasteiger partial charge in [0.2, 0.25) is 10.0 Å². The minimum Gasteiger partial charge on any atom is -0.495 e. The van der Waals surface area contributed by atoms with Crippen molar-refractivity contribution in [1.82, 2.24) is 4.31 Å². The molecule has 1 aromatic rings. The van der Waals surface area contributed by atoms with Gasteiger partial charge in [-0.05, 0) is 44.5 Å². The van der Waals surface area contributed by atoms with Gasteiger partial charge in [0.1, 0.15) is 16.2 Å². The van der Waals surface area contributed by atoms with Gasteiger partial charge in [0, 0.05) is 20.2 Å². The zero-order chi connectivity index (χ0) is 17.8. The Morgan fingerprint density at radius 1 is 1.22 bits per heavy atom. The molecule has 0 saturated heterocycles. The zero-order valence-electron chi connectivity index (χ0n) is 14.3. The molecular formula is C16H23NO5S. The molecule has 0 fully saturated rings. The molecule has 0 amide bonds. The number of hydrogen-bond acceptors (Lipinski definition) is 5. The zero-order valence-corrected chi connectivity index (χ0v) is 15.1. The van der Waals surface area contributed by atoms with E-state index in [1.165, 1.54) is 39.4 Å². The summed E-state index contributed by atoms with van der Waals surface area (Å²) in [5.74, 6) is -0.251. The van der Waals surface area contributed by atoms with Crippen LogP contribution in [0, 0.1) is 0 Å². The minimum atomic E-state index is -3.65. The van der Waals surface area contributed by atoms with Crippen LogP contribution < -0.4 is 4.74 Å². The summed E-state index contributed by atoms with van der Waals surface area (Å²) in [7, 11) is 0.637. The van der Waals surface area contributed by atoms with Crippen molar-refractivity contribution in [3.63, 3.8) is 0 Å². The van der Waals surface area contributed by atoms with E-state index in [1.807, 2.05) is 0 Å². The largest absolute Gasteiger partial charge is 0.495 e. The van der Waals surface area contributed by atoms with E-state index < -0.39 is 21.6 Å². The Kier molecular flexibility index (Phi) is 5.96. The highest BCUT2D eigenvalue weighted by atomic mass is 32.2. The van der Waals surface area contributed by atoms with Crippen molar-refractivity contribution in [2.45, 2.75) is 31.3 Å². The lowest BCUT2D eigenvalue weighted by molar-refractivity contribution is -0.148. The Hall–Kier alpha value is -1.86. The van der Waals surface area contributed by atoms with Gasteiger partial charge in [-0.25, -0.2) is 17.5 Å². The summed E-state index contributed by atoms with van der Waals surface area (Å²) in [6.45, 7) is 5.32. The van der Waals surface area contributed by atoms with E-state index >= 15 is 0 Å². The molecule has 1 rings (SSSR count). The number of methoxy groups -OCH3 is 1. The molecule has 6 nitrogen and oxygen atoms in total. The second kappa shape index (κ2) is 7.14. The monoisotopic (exact) mass is 341 g/mol. The summed E-state index contributed by atoms with van der Waals surface area (Å²) in [5, 5.41) is 0. The number of rotatable bonds is 5. The highest BCUT2D eigenvalue weighted by molar-refractivity contribution is 7.89. The fourth-order valence-electron chi connectivity index (χ4n) is 1.70. The summed E-state index contributed by atoms with van der Waals surface area (Å²) in [6.07, 6.45) is 2.77. The van der Waals surface area contributed by atoms with Crippen LogP contribution in [0.25, 0.3) is 6.08 Å². The predicted octanol–water partition coefficient (Wildman–Crippen LogP) is 2.30. The van der Waals surface area contributed by atoms with Crippen molar-refractivity contribution in [1.29, 1.82) is 0 Å². The first-order valence-electron chi connectivity index (χ1n) is 6.99. The third-order valence-corrected chi connectivity index (χ3v) is 4.60. The third kappa shape index (κ3) is 5.37. The molecule has 0 heterocycles. The van der Waals surface area contributed by atoms with Crippen LogP contribution in [0.5, 0.6) is 5.75 Å². The predicted molar refractivity (Wildman–Crippen MR) is 88.7 cm³/mol. The normalized spacial score (nSPS) is 12.7. The Morgan fingerprint density at radius 3 is 2.30 bits per heavy atom. The average Bonchev–Trinajstić information content (AvgIpc) is 2.42. The lowest BCUT2D eigenvalue weighted by atomic mass is 10.2. The fraction of sp³-hybridized carbons (Fsp3) is 0.438. The first-order valence-corrected chi connectivity index (χ1v) is 8.43. The van der Waals surface area contributed by atoms with Gasteiger partial charge in [-0.15, -0.1) is 0 Å². The molecule has 0 N–H and O–H groups in total. The molecular weight excluding hydrogens is 318 g/mol. The standard InChI is InChI=1S/C16H23NO5S/c1-16(2,3)22-15(18)10-8-12-7-9-13(21-6)14(11-12)23(19,20)17(4)5/h7-11H,1-6H3/b10-8+. The van der Waals surface area contributed by atoms with Crippen molar-refractivity contribution in [3.8, 4) is 5.75 Å². The van der Waals surface area contributed by atoms with E-state index in [-0.39, 0.29) is 10.6 Å². The van der Waals surface area contributed by atoms with Gasteiger partial charge in [0.15, 0.2) is 0 Å². The Bertz CT molecular complexity index is 700. The fourth-order valence-corrected chi connectivity index (χ4v) is 2.78. The van der Waals surface area contributed by atoms with Crippen LogP contribution in [0.15, 0.2) is 29.2 Å². The second-order valence-corrected chi connectivity index (χ2v) is 8.18. The molecule has 0 spiro atoms. The van der Waals surface area contributed by atoms with Crippen molar-refractivity contribution in [3.05, 3.63) is 29.8 Å². The van der Waals surface area contributed by atoms with E-state index in [0.29, 0.717) is 5.56 Å². The number of carbonyl (C=O) groups is 1. The Labute approximate surface area is 137 Å². The minimum absolute atomic E-state index is 0.0383. The van der Waals surface area contributed by atoms with Gasteiger partial charge >= 0.3 is 5.97 Å². The number of esters is 1. The lowest BCUT2D eigenvalue weighted by Crippen LogP contribution is -2.23. The number of ether oxygens (including phenoxy) is 2. The first-order chi connectivity index (χ1) is 10.5. The summed E-state index contributed by atoms with van der Waals surface area (Å²) in [6, 6.07) is 4.66. The number of carbonyl (C=O) groups excluding carboxylic acids is 1. The summed E-state index contributed by atoms with van der Waals surface area (Å²) in [5.41, 5.74) is -0.0297. The maximum absolute atomic E-state index is 12.3. The molecule has 1 aromatic carbocycles. The molecule has 7 heteroatoms. The van der Waals surface area contributed by atoms with E-state index in [4.69, 9.17) is 9.47 Å². The molecule has 0 saturated carbocycles. The lowest BCUT2D eigenvalue weighted by Gasteiger charge is -2.18. The molecule has 0 unspecified atom stereocenters. The SMILES string of the molecule is COc1ccc(/C=C/C(=O)OC(C)(C)C)cc1S(=O)(=O)N(C)C. The highest BCUT2D eigenvalue weighted by Crippen LogP contribution is 2.27. The molecule has 0 aliphatic carbocycles. The first kappa shape index (κ1) is 19.2. The molecule has 0 atom stereocenters. The molecule has 0 radical (unpaired) electrons. The second-order valence-electron chi connectivity index (χ2n) is 6.06. The van der Waals surface area contributed by atoms with Gasteiger partial charge in [0.25, 0.3) is 0 Å². The van der Waals surface area contributed by atoms with Crippen molar-refractivity contribution < 1.29 is 22.7 Å². The van der Waals surface area contributed by atoms with Gasteiger partial charge in [-0.2, -0.15) is 0 Å². The van der Waals surface area contributed by atoms with E-state index in [0.717, 1.165) is 4.31 Å². The molecule has 23 heavy (non-hydrogen) atoms. The molecule has 0 aromatic heterocycles. The van der Waals surface area contributed by atoms with Crippen LogP contribution in [-0.4, -0.2) is 45.5 Å². The summed E-state index contributed by atoms with van der Waals surface area (Å²) >= 11 is 0. The van der Waals surface area contributed by atoms with Crippen molar-refractivity contribution in [2.24, 2.45) is 0 Å². The van der Waals surface area contributed by atoms with E-state index in [2.05, 4.69) is 0 Å². The third-order valence-electron chi connectivity index (χ3n) is 2.76. The summed E-state index contributed by atoms with van der Waals surface area (Å²) < 4.78 is 36.0. The van der Waals surface area contributed by atoms with Gasteiger partial charge in [0.05, 0.1) is 7.11 Å². The van der Waals surface area contributed by atoms with Crippen LogP contribution in [0.1, 0.15) is 26.3 Å². The summed E-state index contributed by atoms with van der Waals surface area (Å²) in [4.78, 5) is 11.7. The molecule has 0 aliphatic rings. The number of sulfonamides is 1. The van der Waals surface area contributed by atoms with Crippen LogP contribution in [0.3, 0.4) is 0 Å². The van der Waals surface area contributed by atoms with Gasteiger partial charge < -0.3 is 9.47 Å². The number of benzene rings is 1. The van der Waals surface area contributed by atoms with Crippen molar-refractivity contribution in [2.75, 3.05) is 21.2 Å². The van der Waals surface area contributed by atoms with Crippen LogP contribution >= 0.6 is 0 Å². The molecule has 0 bridgehead atoms. The molecule has 128 valence electrons. The maximum atomic E-state index is 12.3. The van der Waals surface area contributed by atoms with Crippen molar-refractivity contribution >= 4 is 22.1 Å². The Morgan fingerprint density at radius 2 is 1.83 bits per heavy atom. The maximum Gasteiger partial charge on any atom is 0.331 e. The smallest absolute Gasteiger partial charge is 0.331 e. The molecule has 0 aliphatic heterocycles. The number of nitrogens with zero attached hydrogens (tertiary/aromatic N) is 1. The van der Waals surface area contributed by atoms with Crippen LogP contribution in [0.4, 0.5) is 0 Å². The Balaban J connectivity index is 3.15. The average molecular weight is 341 g/mol. The highest BCUT2D eigenvalue weighted by Gasteiger charge is 2.22. The quantitative estimate of drug-likeness (QED) is 0.607. The van der Waals surface area contributed by atoms with Gasteiger partial charge in [-0.3, -0.25) is 0 Å². The topological polar surface area (TPSA) is 72.9 Å². The van der Waals surface area contributed by atoms with Gasteiger partial charge in [-0.1, -0.05) is 6.07 Å². The van der Waals surface area contributed by atoms with Crippen LogP contribution in [-0.2, 0) is 19.6 Å². The van der Waals surface area contributed by atoms with E-state index in [9.17, 15) is 13.2 Å². The number of hydrogen-bond donors (Lipinski definition) is 0. The van der Waals surface area contributed by atoms with Crippen LogP contribution in [0.2, 0.25) is 0 Å².